The van der Waals surface area contributed by atoms with Crippen molar-refractivity contribution in [3.63, 3.8) is 0 Å². The van der Waals surface area contributed by atoms with Gasteiger partial charge < -0.3 is 20.1 Å². The van der Waals surface area contributed by atoms with Crippen molar-refractivity contribution in [2.24, 2.45) is 0 Å². The topological polar surface area (TPSA) is 124 Å². The van der Waals surface area contributed by atoms with Gasteiger partial charge in [0.1, 0.15) is 10.4 Å². The monoisotopic (exact) mass is 397 g/mol. The fraction of sp³-hybridized carbons (Fsp3) is 0.250. The van der Waals surface area contributed by atoms with E-state index in [1.54, 1.807) is 13.0 Å². The quantitative estimate of drug-likeness (QED) is 0.467. The Morgan fingerprint density at radius 1 is 1.38 bits per heavy atom. The SMILES string of the molecule is CCOc1cc(/C=C2/SC(=S)N([C@@H](CC(=O)O)C(=O)O)C2=O)ccc1O. The maximum absolute atomic E-state index is 12.5. The molecular formula is C16H15NO7S2. The third kappa shape index (κ3) is 4.33. The van der Waals surface area contributed by atoms with E-state index in [2.05, 4.69) is 0 Å². The Kier molecular flexibility index (Phi) is 6.22. The number of phenols is 1. The molecule has 1 aromatic rings. The molecule has 0 unspecified atom stereocenters. The molecule has 1 fully saturated rings. The average Bonchev–Trinajstić information content (AvgIpc) is 2.82. The van der Waals surface area contributed by atoms with E-state index in [0.717, 1.165) is 16.7 Å². The van der Waals surface area contributed by atoms with Gasteiger partial charge in [0, 0.05) is 0 Å². The number of thioether (sulfide) groups is 1. The van der Waals surface area contributed by atoms with Crippen molar-refractivity contribution in [1.29, 1.82) is 0 Å². The lowest BCUT2D eigenvalue weighted by atomic mass is 10.1. The van der Waals surface area contributed by atoms with Crippen LogP contribution in [-0.4, -0.2) is 55.0 Å². The van der Waals surface area contributed by atoms with Crippen LogP contribution in [0.2, 0.25) is 0 Å². The molecule has 10 heteroatoms. The Morgan fingerprint density at radius 3 is 2.65 bits per heavy atom. The van der Waals surface area contributed by atoms with Crippen LogP contribution in [0.3, 0.4) is 0 Å². The van der Waals surface area contributed by atoms with Crippen LogP contribution in [0, 0.1) is 0 Å². The van der Waals surface area contributed by atoms with E-state index in [4.69, 9.17) is 22.1 Å². The fourth-order valence-corrected chi connectivity index (χ4v) is 3.60. The molecule has 0 bridgehead atoms. The second-order valence-corrected chi connectivity index (χ2v) is 6.84. The molecule has 0 radical (unpaired) electrons. The first-order chi connectivity index (χ1) is 12.2. The first kappa shape index (κ1) is 19.7. The molecule has 1 heterocycles. The van der Waals surface area contributed by atoms with Gasteiger partial charge in [-0.1, -0.05) is 30.0 Å². The molecule has 8 nitrogen and oxygen atoms in total. The van der Waals surface area contributed by atoms with Gasteiger partial charge in [-0.15, -0.1) is 0 Å². The van der Waals surface area contributed by atoms with Crippen LogP contribution < -0.4 is 4.74 Å². The van der Waals surface area contributed by atoms with Crippen molar-refractivity contribution in [3.05, 3.63) is 28.7 Å². The third-order valence-electron chi connectivity index (χ3n) is 3.37. The fourth-order valence-electron chi connectivity index (χ4n) is 2.25. The summed E-state index contributed by atoms with van der Waals surface area (Å²) in [4.78, 5) is 35.7. The number of ether oxygens (including phenoxy) is 1. The molecule has 0 aliphatic carbocycles. The summed E-state index contributed by atoms with van der Waals surface area (Å²) in [6.07, 6.45) is 0.712. The summed E-state index contributed by atoms with van der Waals surface area (Å²) in [6, 6.07) is 2.90. The van der Waals surface area contributed by atoms with Gasteiger partial charge in [-0.3, -0.25) is 14.5 Å². The molecule has 1 amide bonds. The van der Waals surface area contributed by atoms with Crippen molar-refractivity contribution in [3.8, 4) is 11.5 Å². The van der Waals surface area contributed by atoms with Crippen molar-refractivity contribution < 1.29 is 34.4 Å². The molecule has 0 spiro atoms. The first-order valence-electron chi connectivity index (χ1n) is 7.42. The van der Waals surface area contributed by atoms with E-state index in [-0.39, 0.29) is 20.7 Å². The summed E-state index contributed by atoms with van der Waals surface area (Å²) in [6.45, 7) is 2.10. The molecule has 1 atom stereocenters. The van der Waals surface area contributed by atoms with Gasteiger partial charge in [0.25, 0.3) is 5.91 Å². The average molecular weight is 397 g/mol. The molecule has 1 aliphatic rings. The van der Waals surface area contributed by atoms with E-state index < -0.39 is 30.3 Å². The Balaban J connectivity index is 2.33. The predicted molar refractivity (Wildman–Crippen MR) is 98.0 cm³/mol. The van der Waals surface area contributed by atoms with Gasteiger partial charge in [0.05, 0.1) is 17.9 Å². The molecule has 1 saturated heterocycles. The van der Waals surface area contributed by atoms with Gasteiger partial charge in [-0.25, -0.2) is 4.79 Å². The van der Waals surface area contributed by atoms with Gasteiger partial charge in [-0.05, 0) is 30.7 Å². The van der Waals surface area contributed by atoms with Crippen LogP contribution in [0.4, 0.5) is 0 Å². The summed E-state index contributed by atoms with van der Waals surface area (Å²) in [5, 5.41) is 27.8. The molecule has 3 N–H and O–H groups in total. The minimum atomic E-state index is -1.58. The van der Waals surface area contributed by atoms with E-state index in [9.17, 15) is 24.6 Å². The normalized spacial score (nSPS) is 16.8. The number of carboxylic acid groups (broad SMARTS) is 2. The largest absolute Gasteiger partial charge is 0.504 e. The molecule has 138 valence electrons. The molecule has 0 saturated carbocycles. The number of rotatable bonds is 7. The van der Waals surface area contributed by atoms with E-state index in [0.29, 0.717) is 12.2 Å². The molecule has 1 aromatic carbocycles. The zero-order valence-electron chi connectivity index (χ0n) is 13.5. The van der Waals surface area contributed by atoms with E-state index in [1.165, 1.54) is 18.2 Å². The zero-order valence-corrected chi connectivity index (χ0v) is 15.2. The summed E-state index contributed by atoms with van der Waals surface area (Å²) in [5.74, 6) is -3.29. The Bertz CT molecular complexity index is 806. The van der Waals surface area contributed by atoms with Crippen LogP contribution in [0.15, 0.2) is 23.1 Å². The van der Waals surface area contributed by atoms with Crippen LogP contribution in [-0.2, 0) is 14.4 Å². The number of hydrogen-bond donors (Lipinski definition) is 3. The molecule has 1 aliphatic heterocycles. The Hall–Kier alpha value is -2.59. The highest BCUT2D eigenvalue weighted by Gasteiger charge is 2.41. The number of carboxylic acids is 2. The third-order valence-corrected chi connectivity index (χ3v) is 4.70. The highest BCUT2D eigenvalue weighted by atomic mass is 32.2. The highest BCUT2D eigenvalue weighted by molar-refractivity contribution is 8.26. The summed E-state index contributed by atoms with van der Waals surface area (Å²) < 4.78 is 5.25. The first-order valence-corrected chi connectivity index (χ1v) is 8.64. The molecular weight excluding hydrogens is 382 g/mol. The lowest BCUT2D eigenvalue weighted by molar-refractivity contribution is -0.150. The predicted octanol–water partition coefficient (Wildman–Crippen LogP) is 1.92. The maximum Gasteiger partial charge on any atom is 0.327 e. The van der Waals surface area contributed by atoms with Crippen LogP contribution in [0.1, 0.15) is 18.9 Å². The van der Waals surface area contributed by atoms with Gasteiger partial charge in [0.15, 0.2) is 11.5 Å². The van der Waals surface area contributed by atoms with Gasteiger partial charge in [-0.2, -0.15) is 0 Å². The van der Waals surface area contributed by atoms with Crippen LogP contribution >= 0.6 is 24.0 Å². The minimum absolute atomic E-state index is 0.0290. The van der Waals surface area contributed by atoms with E-state index >= 15 is 0 Å². The van der Waals surface area contributed by atoms with Gasteiger partial charge >= 0.3 is 11.9 Å². The number of nitrogens with zero attached hydrogens (tertiary/aromatic N) is 1. The number of carbonyl (C=O) groups is 3. The second-order valence-electron chi connectivity index (χ2n) is 5.16. The number of amides is 1. The number of carbonyl (C=O) groups excluding carboxylic acids is 1. The molecule has 26 heavy (non-hydrogen) atoms. The summed E-state index contributed by atoms with van der Waals surface area (Å²) in [5.41, 5.74) is 0.539. The lowest BCUT2D eigenvalue weighted by Gasteiger charge is -2.21. The summed E-state index contributed by atoms with van der Waals surface area (Å²) in [7, 11) is 0. The number of aromatic hydroxyl groups is 1. The van der Waals surface area contributed by atoms with Gasteiger partial charge in [0.2, 0.25) is 0 Å². The van der Waals surface area contributed by atoms with Crippen LogP contribution in [0.5, 0.6) is 11.5 Å². The zero-order chi connectivity index (χ0) is 19.4. The molecule has 0 aromatic heterocycles. The molecule has 2 rings (SSSR count). The number of aliphatic carboxylic acids is 2. The van der Waals surface area contributed by atoms with Crippen molar-refractivity contribution >= 4 is 52.2 Å². The Labute approximate surface area is 158 Å². The smallest absolute Gasteiger partial charge is 0.327 e. The van der Waals surface area contributed by atoms with Crippen molar-refractivity contribution in [1.82, 2.24) is 4.90 Å². The number of thiocarbonyl (C=S) groups is 1. The number of phenolic OH excluding ortho intramolecular Hbond substituents is 1. The lowest BCUT2D eigenvalue weighted by Crippen LogP contribution is -2.45. The maximum atomic E-state index is 12.5. The minimum Gasteiger partial charge on any atom is -0.504 e. The van der Waals surface area contributed by atoms with Crippen molar-refractivity contribution in [2.45, 2.75) is 19.4 Å². The van der Waals surface area contributed by atoms with Crippen molar-refractivity contribution in [2.75, 3.05) is 6.61 Å². The van der Waals surface area contributed by atoms with E-state index in [1.807, 2.05) is 0 Å². The van der Waals surface area contributed by atoms with Crippen LogP contribution in [0.25, 0.3) is 6.08 Å². The standard InChI is InChI=1S/C16H15NO7S2/c1-2-24-11-5-8(3-4-10(11)18)6-12-14(21)17(16(25)26-12)9(15(22)23)7-13(19)20/h3-6,9,18H,2,7H2,1H3,(H,19,20)(H,22,23)/b12-6+/t9-/m0/s1. The summed E-state index contributed by atoms with van der Waals surface area (Å²) >= 11 is 5.94. The highest BCUT2D eigenvalue weighted by Crippen LogP contribution is 2.36. The number of hydrogen-bond acceptors (Lipinski definition) is 7. The second kappa shape index (κ2) is 8.19. The number of benzene rings is 1. The Morgan fingerprint density at radius 2 is 2.08 bits per heavy atom.